The third-order valence-corrected chi connectivity index (χ3v) is 2.62. The predicted octanol–water partition coefficient (Wildman–Crippen LogP) is 2.27. The number of nitrogens with zero attached hydrogens (tertiary/aromatic N) is 3. The lowest BCUT2D eigenvalue weighted by Gasteiger charge is -1.96. The Hall–Kier alpha value is -2.79. The third kappa shape index (κ3) is 4.47. The van der Waals surface area contributed by atoms with Crippen LogP contribution < -0.4 is 5.56 Å². The van der Waals surface area contributed by atoms with E-state index in [1.54, 1.807) is 19.9 Å². The summed E-state index contributed by atoms with van der Waals surface area (Å²) < 4.78 is 1.99. The maximum absolute atomic E-state index is 11.0. The molecular weight excluding hydrogens is 252 g/mol. The second-order valence-electron chi connectivity index (χ2n) is 4.28. The molecule has 102 valence electrons. The Kier molecular flexibility index (Phi) is 5.80. The van der Waals surface area contributed by atoms with Gasteiger partial charge >= 0.3 is 0 Å². The zero-order valence-corrected chi connectivity index (χ0v) is 11.6. The molecule has 20 heavy (non-hydrogen) atoms. The number of rotatable bonds is 2. The highest BCUT2D eigenvalue weighted by Crippen LogP contribution is 2.00. The molecule has 5 heteroatoms. The monoisotopic (exact) mass is 268 g/mol. The molecule has 2 aromatic heterocycles. The Morgan fingerprint density at radius 2 is 1.90 bits per heavy atom. The van der Waals surface area contributed by atoms with Crippen molar-refractivity contribution in [1.29, 1.82) is 10.5 Å². The van der Waals surface area contributed by atoms with E-state index < -0.39 is 0 Å². The van der Waals surface area contributed by atoms with Crippen LogP contribution in [0, 0.1) is 36.5 Å². The Balaban J connectivity index is 0.000000204. The van der Waals surface area contributed by atoms with Gasteiger partial charge in [0.1, 0.15) is 11.6 Å². The minimum atomic E-state index is -0.301. The normalized spacial score (nSPS) is 9.00. The van der Waals surface area contributed by atoms with Gasteiger partial charge in [0.05, 0.1) is 12.5 Å². The van der Waals surface area contributed by atoms with E-state index in [2.05, 4.69) is 11.1 Å². The lowest BCUT2D eigenvalue weighted by molar-refractivity contribution is 0.721. The van der Waals surface area contributed by atoms with Crippen LogP contribution in [-0.2, 0) is 6.54 Å². The zero-order valence-electron chi connectivity index (χ0n) is 11.6. The van der Waals surface area contributed by atoms with Gasteiger partial charge in [-0.05, 0) is 37.6 Å². The van der Waals surface area contributed by atoms with Crippen molar-refractivity contribution in [2.24, 2.45) is 0 Å². The molecule has 0 spiro atoms. The fourth-order valence-corrected chi connectivity index (χ4v) is 1.69. The molecule has 0 saturated carbocycles. The zero-order chi connectivity index (χ0) is 15.0. The number of pyridine rings is 1. The summed E-state index contributed by atoms with van der Waals surface area (Å²) in [6, 6.07) is 9.62. The van der Waals surface area contributed by atoms with E-state index in [1.807, 2.05) is 35.2 Å². The molecular formula is C15H16N4O. The first-order valence-electron chi connectivity index (χ1n) is 6.16. The molecule has 0 bridgehead atoms. The van der Waals surface area contributed by atoms with Crippen LogP contribution in [0.15, 0.2) is 35.4 Å². The summed E-state index contributed by atoms with van der Waals surface area (Å²) >= 11 is 0. The minimum Gasteiger partial charge on any atom is -0.353 e. The van der Waals surface area contributed by atoms with Crippen LogP contribution in [0.2, 0.25) is 0 Å². The molecule has 0 aliphatic rings. The largest absolute Gasteiger partial charge is 0.353 e. The van der Waals surface area contributed by atoms with Crippen LogP contribution in [0.4, 0.5) is 0 Å². The molecule has 2 aromatic rings. The van der Waals surface area contributed by atoms with Crippen LogP contribution >= 0.6 is 0 Å². The maximum Gasteiger partial charge on any atom is 0.266 e. The standard InChI is InChI=1S/C8H8N2O.C7H8N2/c1-5-3-6(2)10-8(11)7(5)4-9;8-4-3-7-9-5-1-2-6-9/h3H,1-2H3,(H,10,11);1-2,5-6H,3,7H2. The van der Waals surface area contributed by atoms with Gasteiger partial charge < -0.3 is 9.55 Å². The molecule has 2 rings (SSSR count). The minimum absolute atomic E-state index is 0.204. The SMILES string of the molecule is Cc1cc(C)c(C#N)c(=O)[nH]1.N#CCCn1cccc1. The number of H-pyrrole nitrogens is 1. The van der Waals surface area contributed by atoms with Crippen molar-refractivity contribution in [1.82, 2.24) is 9.55 Å². The van der Waals surface area contributed by atoms with Gasteiger partial charge in [0.25, 0.3) is 5.56 Å². The van der Waals surface area contributed by atoms with Gasteiger partial charge in [-0.25, -0.2) is 0 Å². The number of aromatic nitrogens is 2. The number of hydrogen-bond acceptors (Lipinski definition) is 3. The number of aryl methyl sites for hydroxylation is 3. The van der Waals surface area contributed by atoms with Crippen LogP contribution in [-0.4, -0.2) is 9.55 Å². The fraction of sp³-hybridized carbons (Fsp3) is 0.267. The first kappa shape index (κ1) is 15.3. The van der Waals surface area contributed by atoms with Crippen molar-refractivity contribution in [2.45, 2.75) is 26.8 Å². The predicted molar refractivity (Wildman–Crippen MR) is 75.9 cm³/mol. The quantitative estimate of drug-likeness (QED) is 0.906. The lowest BCUT2D eigenvalue weighted by Crippen LogP contribution is -2.12. The van der Waals surface area contributed by atoms with E-state index in [1.165, 1.54) is 0 Å². The van der Waals surface area contributed by atoms with E-state index in [9.17, 15) is 4.79 Å². The molecule has 0 radical (unpaired) electrons. The molecule has 0 aliphatic heterocycles. The molecule has 0 aliphatic carbocycles. The van der Waals surface area contributed by atoms with Crippen molar-refractivity contribution < 1.29 is 0 Å². The van der Waals surface area contributed by atoms with E-state index in [0.717, 1.165) is 17.8 Å². The maximum atomic E-state index is 11.0. The highest BCUT2D eigenvalue weighted by molar-refractivity contribution is 5.35. The molecule has 5 nitrogen and oxygen atoms in total. The highest BCUT2D eigenvalue weighted by Gasteiger charge is 2.01. The summed E-state index contributed by atoms with van der Waals surface area (Å²) in [4.78, 5) is 13.6. The Labute approximate surface area is 117 Å². The van der Waals surface area contributed by atoms with Gasteiger partial charge in [-0.2, -0.15) is 10.5 Å². The number of aromatic amines is 1. The van der Waals surface area contributed by atoms with Crippen LogP contribution in [0.1, 0.15) is 23.2 Å². The van der Waals surface area contributed by atoms with E-state index >= 15 is 0 Å². The first-order valence-corrected chi connectivity index (χ1v) is 6.16. The van der Waals surface area contributed by atoms with Crippen molar-refractivity contribution in [3.8, 4) is 12.1 Å². The summed E-state index contributed by atoms with van der Waals surface area (Å²) in [6.07, 6.45) is 4.50. The summed E-state index contributed by atoms with van der Waals surface area (Å²) in [5.74, 6) is 0. The van der Waals surface area contributed by atoms with E-state index in [0.29, 0.717) is 6.42 Å². The number of hydrogen-bond donors (Lipinski definition) is 1. The Bertz CT molecular complexity index is 684. The highest BCUT2D eigenvalue weighted by atomic mass is 16.1. The van der Waals surface area contributed by atoms with Crippen LogP contribution in [0.5, 0.6) is 0 Å². The molecule has 1 N–H and O–H groups in total. The van der Waals surface area contributed by atoms with Gasteiger partial charge in [-0.3, -0.25) is 4.79 Å². The van der Waals surface area contributed by atoms with E-state index in [-0.39, 0.29) is 11.1 Å². The summed E-state index contributed by atoms with van der Waals surface area (Å²) in [6.45, 7) is 4.35. The van der Waals surface area contributed by atoms with Crippen molar-refractivity contribution in [2.75, 3.05) is 0 Å². The topological polar surface area (TPSA) is 85.4 Å². The number of nitrogens with one attached hydrogen (secondary N) is 1. The molecule has 0 saturated heterocycles. The van der Waals surface area contributed by atoms with Gasteiger partial charge in [0.15, 0.2) is 0 Å². The molecule has 0 aromatic carbocycles. The summed E-state index contributed by atoms with van der Waals surface area (Å²) in [5, 5.41) is 16.7. The third-order valence-electron chi connectivity index (χ3n) is 2.62. The van der Waals surface area contributed by atoms with Crippen LogP contribution in [0.25, 0.3) is 0 Å². The fourth-order valence-electron chi connectivity index (χ4n) is 1.69. The van der Waals surface area contributed by atoms with Gasteiger partial charge in [0, 0.05) is 24.6 Å². The molecule has 0 unspecified atom stereocenters. The van der Waals surface area contributed by atoms with Crippen molar-refractivity contribution in [3.05, 3.63) is 57.8 Å². The Morgan fingerprint density at radius 3 is 2.40 bits per heavy atom. The second kappa shape index (κ2) is 7.60. The van der Waals surface area contributed by atoms with Gasteiger partial charge in [-0.1, -0.05) is 0 Å². The first-order chi connectivity index (χ1) is 9.58. The van der Waals surface area contributed by atoms with Crippen LogP contribution in [0.3, 0.4) is 0 Å². The summed E-state index contributed by atoms with van der Waals surface area (Å²) in [5.41, 5.74) is 1.42. The van der Waals surface area contributed by atoms with Crippen molar-refractivity contribution >= 4 is 0 Å². The Morgan fingerprint density at radius 1 is 1.25 bits per heavy atom. The smallest absolute Gasteiger partial charge is 0.266 e. The van der Waals surface area contributed by atoms with Gasteiger partial charge in [-0.15, -0.1) is 0 Å². The average Bonchev–Trinajstić information content (AvgIpc) is 2.89. The van der Waals surface area contributed by atoms with Crippen molar-refractivity contribution in [3.63, 3.8) is 0 Å². The second-order valence-corrected chi connectivity index (χ2v) is 4.28. The average molecular weight is 268 g/mol. The lowest BCUT2D eigenvalue weighted by atomic mass is 10.1. The molecule has 0 amide bonds. The summed E-state index contributed by atoms with van der Waals surface area (Å²) in [7, 11) is 0. The molecule has 2 heterocycles. The number of nitriles is 2. The van der Waals surface area contributed by atoms with E-state index in [4.69, 9.17) is 10.5 Å². The molecule has 0 fully saturated rings. The molecule has 0 atom stereocenters. The van der Waals surface area contributed by atoms with Gasteiger partial charge in [0.2, 0.25) is 0 Å².